The highest BCUT2D eigenvalue weighted by atomic mass is 31.1. The van der Waals surface area contributed by atoms with Crippen molar-refractivity contribution in [3.63, 3.8) is 0 Å². The van der Waals surface area contributed by atoms with Crippen molar-refractivity contribution in [1.29, 1.82) is 0 Å². The van der Waals surface area contributed by atoms with Gasteiger partial charge in [0.1, 0.15) is 22.3 Å². The molecule has 8 aromatic carbocycles. The van der Waals surface area contributed by atoms with Crippen molar-refractivity contribution in [3.05, 3.63) is 175 Å². The zero-order chi connectivity index (χ0) is 35.6. The molecule has 0 bridgehead atoms. The fourth-order valence-electron chi connectivity index (χ4n) is 7.92. The monoisotopic (exact) mass is 735 g/mol. The van der Waals surface area contributed by atoms with Crippen LogP contribution in [0.4, 0.5) is 0 Å². The second kappa shape index (κ2) is 12.7. The fourth-order valence-corrected chi connectivity index (χ4v) is 10.6. The predicted octanol–water partition coefficient (Wildman–Crippen LogP) is 15.0. The maximum Gasteiger partial charge on any atom is 0.222 e. The van der Waals surface area contributed by atoms with Gasteiger partial charge >= 0.3 is 0 Å². The molecule has 0 atom stereocenters. The SMILES string of the molecule is c1cc(Cp2oc3ccc4ccccc4c3c3c(ccc4ccccc43)o2)nc(Cp2oc3ccc4ccccc4c3c3c(ccc4ccccc43)o2)c1. The van der Waals surface area contributed by atoms with E-state index in [0.29, 0.717) is 12.3 Å². The number of aromatic nitrogens is 1. The first-order valence-electron chi connectivity index (χ1n) is 18.0. The van der Waals surface area contributed by atoms with Crippen LogP contribution < -0.4 is 0 Å². The lowest BCUT2D eigenvalue weighted by Gasteiger charge is -2.05. The number of nitrogens with zero attached hydrogens (tertiary/aromatic N) is 1. The topological polar surface area (TPSA) is 65.5 Å². The third-order valence-electron chi connectivity index (χ3n) is 10.3. The summed E-state index contributed by atoms with van der Waals surface area (Å²) in [4.78, 5) is 5.16. The molecule has 0 aliphatic carbocycles. The summed E-state index contributed by atoms with van der Waals surface area (Å²) in [6.45, 7) is 0. The Hall–Kier alpha value is -6.25. The normalized spacial score (nSPS) is 11.9. The molecule has 11 rings (SSSR count). The molecule has 0 amide bonds. The summed E-state index contributed by atoms with van der Waals surface area (Å²) in [5.41, 5.74) is 5.10. The van der Waals surface area contributed by atoms with Crippen molar-refractivity contribution in [3.8, 4) is 0 Å². The Morgan fingerprint density at radius 2 is 0.611 bits per heavy atom. The van der Waals surface area contributed by atoms with Crippen LogP contribution in [-0.2, 0) is 12.3 Å². The summed E-state index contributed by atoms with van der Waals surface area (Å²) >= 11 is 0. The van der Waals surface area contributed by atoms with Gasteiger partial charge in [0.15, 0.2) is 0 Å². The second-order valence-corrected chi connectivity index (χ2v) is 16.3. The average Bonchev–Trinajstić information content (AvgIpc) is 3.48. The minimum Gasteiger partial charge on any atom is -0.419 e. The molecule has 0 aliphatic rings. The Bertz CT molecular complexity index is 2950. The lowest BCUT2D eigenvalue weighted by molar-refractivity contribution is 0.637. The molecule has 0 aliphatic heterocycles. The zero-order valence-electron chi connectivity index (χ0n) is 29.0. The van der Waals surface area contributed by atoms with Gasteiger partial charge in [-0.2, -0.15) is 0 Å². The summed E-state index contributed by atoms with van der Waals surface area (Å²) in [5.74, 6) is 0. The molecule has 7 heteroatoms. The highest BCUT2D eigenvalue weighted by Crippen LogP contribution is 2.44. The average molecular weight is 736 g/mol. The van der Waals surface area contributed by atoms with Crippen LogP contribution in [0.2, 0.25) is 0 Å². The van der Waals surface area contributed by atoms with Gasteiger partial charge in [0.25, 0.3) is 0 Å². The van der Waals surface area contributed by atoms with Gasteiger partial charge < -0.3 is 16.8 Å². The van der Waals surface area contributed by atoms with E-state index in [1.54, 1.807) is 0 Å². The molecule has 5 nitrogen and oxygen atoms in total. The quantitative estimate of drug-likeness (QED) is 0.180. The van der Waals surface area contributed by atoms with E-state index in [2.05, 4.69) is 164 Å². The Balaban J connectivity index is 1.05. The van der Waals surface area contributed by atoms with Gasteiger partial charge in [0.05, 0.1) is 23.7 Å². The summed E-state index contributed by atoms with van der Waals surface area (Å²) in [6, 6.07) is 57.0. The van der Waals surface area contributed by atoms with Crippen molar-refractivity contribution < 1.29 is 16.8 Å². The van der Waals surface area contributed by atoms with E-state index in [1.807, 2.05) is 0 Å². The van der Waals surface area contributed by atoms with Gasteiger partial charge in [-0.3, -0.25) is 4.98 Å². The van der Waals surface area contributed by atoms with E-state index in [4.69, 9.17) is 21.8 Å². The van der Waals surface area contributed by atoms with Gasteiger partial charge in [0, 0.05) is 21.5 Å². The minimum absolute atomic E-state index is 0.519. The lowest BCUT2D eigenvalue weighted by atomic mass is 9.99. The molecule has 11 aromatic rings. The first-order valence-corrected chi connectivity index (χ1v) is 20.8. The molecule has 0 fully saturated rings. The van der Waals surface area contributed by atoms with Crippen molar-refractivity contribution >= 4 is 103 Å². The molecule has 0 saturated heterocycles. The Labute approximate surface area is 311 Å². The van der Waals surface area contributed by atoms with Crippen molar-refractivity contribution in [1.82, 2.24) is 4.98 Å². The number of hydrogen-bond acceptors (Lipinski definition) is 5. The van der Waals surface area contributed by atoms with E-state index < -0.39 is 16.0 Å². The maximum absolute atomic E-state index is 6.81. The zero-order valence-corrected chi connectivity index (χ0v) is 30.8. The lowest BCUT2D eigenvalue weighted by Crippen LogP contribution is -1.91. The van der Waals surface area contributed by atoms with E-state index in [0.717, 1.165) is 98.4 Å². The third kappa shape index (κ3) is 5.28. The number of benzene rings is 8. The third-order valence-corrected chi connectivity index (χ3v) is 13.1. The van der Waals surface area contributed by atoms with Crippen LogP contribution in [0.1, 0.15) is 11.4 Å². The number of fused-ring (bicyclic) bond motifs is 14. The molecule has 3 heterocycles. The van der Waals surface area contributed by atoms with Crippen LogP contribution >= 0.6 is 16.0 Å². The van der Waals surface area contributed by atoms with Gasteiger partial charge in [-0.15, -0.1) is 0 Å². The van der Waals surface area contributed by atoms with E-state index in [-0.39, 0.29) is 0 Å². The number of rotatable bonds is 4. The van der Waals surface area contributed by atoms with Gasteiger partial charge in [-0.1, -0.05) is 127 Å². The fraction of sp³-hybridized carbons (Fsp3) is 0.0426. The van der Waals surface area contributed by atoms with E-state index >= 15 is 0 Å². The van der Waals surface area contributed by atoms with Crippen LogP contribution in [0.15, 0.2) is 181 Å². The smallest absolute Gasteiger partial charge is 0.222 e. The van der Waals surface area contributed by atoms with Gasteiger partial charge in [-0.05, 0) is 79.5 Å². The summed E-state index contributed by atoms with van der Waals surface area (Å²) in [6.07, 6.45) is 1.04. The van der Waals surface area contributed by atoms with Crippen LogP contribution in [0.25, 0.3) is 87.0 Å². The first-order chi connectivity index (χ1) is 26.7. The van der Waals surface area contributed by atoms with Gasteiger partial charge in [0.2, 0.25) is 16.0 Å². The van der Waals surface area contributed by atoms with E-state index in [1.165, 1.54) is 0 Å². The van der Waals surface area contributed by atoms with Crippen LogP contribution in [0.3, 0.4) is 0 Å². The Kier molecular flexibility index (Phi) is 7.36. The Morgan fingerprint density at radius 3 is 0.926 bits per heavy atom. The molecule has 3 aromatic heterocycles. The van der Waals surface area contributed by atoms with Crippen LogP contribution in [-0.4, -0.2) is 4.98 Å². The van der Waals surface area contributed by atoms with Gasteiger partial charge in [-0.25, -0.2) is 0 Å². The first kappa shape index (κ1) is 31.3. The Morgan fingerprint density at radius 1 is 0.315 bits per heavy atom. The second-order valence-electron chi connectivity index (χ2n) is 13.6. The van der Waals surface area contributed by atoms with Crippen molar-refractivity contribution in [2.24, 2.45) is 0 Å². The van der Waals surface area contributed by atoms with Crippen molar-refractivity contribution in [2.45, 2.75) is 12.3 Å². The highest BCUT2D eigenvalue weighted by Gasteiger charge is 2.16. The standard InChI is InChI=1S/C47H31NO4P2/c1-5-16-36-30(10-1)20-24-40-44(36)45-37-17-6-2-11-31(37)21-25-41(45)50-53(49-40)28-34-14-9-15-35(48-34)29-54-51-42-26-22-32-12-3-7-18-38(32)46(42)47-39-19-8-4-13-33(39)23-27-43(47)52-54/h1-27H,28-29H2. The largest absolute Gasteiger partial charge is 0.419 e. The molecule has 0 saturated carbocycles. The molecule has 0 spiro atoms. The molecule has 0 radical (unpaired) electrons. The maximum atomic E-state index is 6.81. The summed E-state index contributed by atoms with van der Waals surface area (Å²) < 4.78 is 27.2. The number of hydrogen-bond donors (Lipinski definition) is 0. The molecular formula is C47H31NO4P2. The molecule has 0 N–H and O–H groups in total. The number of pyridine rings is 1. The van der Waals surface area contributed by atoms with Crippen LogP contribution in [0.5, 0.6) is 0 Å². The van der Waals surface area contributed by atoms with Crippen molar-refractivity contribution in [2.75, 3.05) is 0 Å². The molecule has 54 heavy (non-hydrogen) atoms. The molecule has 258 valence electrons. The molecular weight excluding hydrogens is 704 g/mol. The minimum atomic E-state index is -1.42. The highest BCUT2D eigenvalue weighted by molar-refractivity contribution is 7.36. The van der Waals surface area contributed by atoms with E-state index in [9.17, 15) is 0 Å². The predicted molar refractivity (Wildman–Crippen MR) is 225 cm³/mol. The summed E-state index contributed by atoms with van der Waals surface area (Å²) in [5, 5.41) is 13.5. The van der Waals surface area contributed by atoms with Crippen LogP contribution in [0, 0.1) is 0 Å². The molecule has 0 unspecified atom stereocenters. The summed E-state index contributed by atoms with van der Waals surface area (Å²) in [7, 11) is -2.84.